The highest BCUT2D eigenvalue weighted by atomic mass is 16.7. The Balaban J connectivity index is 1.43. The molecular weight excluding hydrogens is 382 g/mol. The number of nitrogens with zero attached hydrogens (tertiary/aromatic N) is 2. The van der Waals surface area contributed by atoms with Gasteiger partial charge in [0, 0.05) is 37.4 Å². The SMILES string of the molecule is CCN(CC)c1ccc(NC(=O)C2CCC(=O)N2Cc2ccc3c(c2)OCO3)cc1. The van der Waals surface area contributed by atoms with Gasteiger partial charge in [-0.15, -0.1) is 0 Å². The van der Waals surface area contributed by atoms with E-state index in [1.54, 1.807) is 4.90 Å². The minimum absolute atomic E-state index is 0.00954. The zero-order valence-electron chi connectivity index (χ0n) is 17.4. The van der Waals surface area contributed by atoms with E-state index in [0.29, 0.717) is 30.9 Å². The zero-order valence-corrected chi connectivity index (χ0v) is 17.4. The van der Waals surface area contributed by atoms with Gasteiger partial charge in [-0.1, -0.05) is 6.07 Å². The molecule has 1 saturated heterocycles. The quantitative estimate of drug-likeness (QED) is 0.759. The summed E-state index contributed by atoms with van der Waals surface area (Å²) in [7, 11) is 0. The third kappa shape index (κ3) is 4.06. The van der Waals surface area contributed by atoms with Crippen LogP contribution in [0.15, 0.2) is 42.5 Å². The summed E-state index contributed by atoms with van der Waals surface area (Å²) in [5.41, 5.74) is 2.77. The second-order valence-corrected chi connectivity index (χ2v) is 7.47. The third-order valence-electron chi connectivity index (χ3n) is 5.68. The summed E-state index contributed by atoms with van der Waals surface area (Å²) in [4.78, 5) is 29.3. The lowest BCUT2D eigenvalue weighted by Gasteiger charge is -2.25. The first-order chi connectivity index (χ1) is 14.6. The molecule has 1 N–H and O–H groups in total. The molecule has 0 aromatic heterocycles. The average molecular weight is 409 g/mol. The number of carbonyl (C=O) groups excluding carboxylic acids is 2. The van der Waals surface area contributed by atoms with E-state index in [1.807, 2.05) is 42.5 Å². The average Bonchev–Trinajstić information content (AvgIpc) is 3.37. The first-order valence-corrected chi connectivity index (χ1v) is 10.4. The maximum atomic E-state index is 12.9. The molecule has 2 aromatic rings. The lowest BCUT2D eigenvalue weighted by molar-refractivity contribution is -0.133. The second-order valence-electron chi connectivity index (χ2n) is 7.47. The maximum Gasteiger partial charge on any atom is 0.247 e. The molecular formula is C23H27N3O4. The molecule has 0 bridgehead atoms. The number of benzene rings is 2. The van der Waals surface area contributed by atoms with Gasteiger partial charge in [0.2, 0.25) is 18.6 Å². The monoisotopic (exact) mass is 409 g/mol. The van der Waals surface area contributed by atoms with Gasteiger partial charge in [0.05, 0.1) is 0 Å². The number of amides is 2. The van der Waals surface area contributed by atoms with Crippen LogP contribution in [0.3, 0.4) is 0 Å². The predicted molar refractivity (Wildman–Crippen MR) is 115 cm³/mol. The molecule has 1 fully saturated rings. The molecule has 2 aliphatic rings. The summed E-state index contributed by atoms with van der Waals surface area (Å²) in [6, 6.07) is 13.0. The number of rotatable bonds is 7. The van der Waals surface area contributed by atoms with Gasteiger partial charge in [-0.05, 0) is 62.2 Å². The number of carbonyl (C=O) groups is 2. The van der Waals surface area contributed by atoms with Crippen molar-refractivity contribution in [2.75, 3.05) is 30.1 Å². The fourth-order valence-electron chi connectivity index (χ4n) is 4.01. The molecule has 2 aromatic carbocycles. The Morgan fingerprint density at radius 1 is 1.10 bits per heavy atom. The molecule has 1 atom stereocenters. The topological polar surface area (TPSA) is 71.1 Å². The largest absolute Gasteiger partial charge is 0.454 e. The highest BCUT2D eigenvalue weighted by molar-refractivity contribution is 5.99. The smallest absolute Gasteiger partial charge is 0.247 e. The van der Waals surface area contributed by atoms with Crippen molar-refractivity contribution in [1.82, 2.24) is 4.90 Å². The standard InChI is InChI=1S/C23H27N3O4/c1-3-25(4-2)18-8-6-17(7-9-18)24-23(28)19-10-12-22(27)26(19)14-16-5-11-20-21(13-16)30-15-29-20/h5-9,11,13,19H,3-4,10,12,14-15H2,1-2H3,(H,24,28). The van der Waals surface area contributed by atoms with Crippen LogP contribution in [0.1, 0.15) is 32.3 Å². The summed E-state index contributed by atoms with van der Waals surface area (Å²) in [5.74, 6) is 1.21. The molecule has 7 heteroatoms. The fourth-order valence-corrected chi connectivity index (χ4v) is 4.01. The Morgan fingerprint density at radius 2 is 1.83 bits per heavy atom. The summed E-state index contributed by atoms with van der Waals surface area (Å²) in [5, 5.41) is 2.97. The van der Waals surface area contributed by atoms with Crippen molar-refractivity contribution in [2.45, 2.75) is 39.3 Å². The minimum atomic E-state index is -0.481. The van der Waals surface area contributed by atoms with E-state index in [9.17, 15) is 9.59 Å². The van der Waals surface area contributed by atoms with E-state index in [4.69, 9.17) is 9.47 Å². The van der Waals surface area contributed by atoms with Gasteiger partial charge < -0.3 is 24.6 Å². The van der Waals surface area contributed by atoms with Gasteiger partial charge in [0.25, 0.3) is 0 Å². The van der Waals surface area contributed by atoms with E-state index < -0.39 is 6.04 Å². The molecule has 1 unspecified atom stereocenters. The van der Waals surface area contributed by atoms with Crippen molar-refractivity contribution >= 4 is 23.2 Å². The Bertz CT molecular complexity index is 925. The maximum absolute atomic E-state index is 12.9. The van der Waals surface area contributed by atoms with Gasteiger partial charge in [-0.25, -0.2) is 0 Å². The Morgan fingerprint density at radius 3 is 2.57 bits per heavy atom. The molecule has 30 heavy (non-hydrogen) atoms. The molecule has 0 aliphatic carbocycles. The Labute approximate surface area is 176 Å². The normalized spacial score (nSPS) is 17.3. The number of nitrogens with one attached hydrogen (secondary N) is 1. The molecule has 0 spiro atoms. The molecule has 2 heterocycles. The molecule has 2 amide bonds. The molecule has 7 nitrogen and oxygen atoms in total. The summed E-state index contributed by atoms with van der Waals surface area (Å²) >= 11 is 0. The minimum Gasteiger partial charge on any atom is -0.454 e. The first kappa shape index (κ1) is 20.1. The number of fused-ring (bicyclic) bond motifs is 1. The summed E-state index contributed by atoms with van der Waals surface area (Å²) < 4.78 is 10.8. The second kappa shape index (κ2) is 8.65. The van der Waals surface area contributed by atoms with Crippen LogP contribution < -0.4 is 19.7 Å². The Kier molecular flexibility index (Phi) is 5.79. The van der Waals surface area contributed by atoms with E-state index in [0.717, 1.165) is 30.0 Å². The summed E-state index contributed by atoms with van der Waals surface area (Å²) in [6.45, 7) is 6.67. The first-order valence-electron chi connectivity index (χ1n) is 10.4. The van der Waals surface area contributed by atoms with Crippen molar-refractivity contribution in [3.63, 3.8) is 0 Å². The van der Waals surface area contributed by atoms with Crippen LogP contribution in [0.5, 0.6) is 11.5 Å². The lowest BCUT2D eigenvalue weighted by atomic mass is 10.1. The zero-order chi connectivity index (χ0) is 21.1. The van der Waals surface area contributed by atoms with Crippen molar-refractivity contribution in [3.05, 3.63) is 48.0 Å². The molecule has 158 valence electrons. The lowest BCUT2D eigenvalue weighted by Crippen LogP contribution is -2.41. The van der Waals surface area contributed by atoms with Crippen LogP contribution in [0.4, 0.5) is 11.4 Å². The number of hydrogen-bond acceptors (Lipinski definition) is 5. The van der Waals surface area contributed by atoms with Crippen LogP contribution in [-0.4, -0.2) is 42.6 Å². The molecule has 2 aliphatic heterocycles. The van der Waals surface area contributed by atoms with Crippen LogP contribution >= 0.6 is 0 Å². The summed E-state index contributed by atoms with van der Waals surface area (Å²) in [6.07, 6.45) is 0.899. The molecule has 4 rings (SSSR count). The van der Waals surface area contributed by atoms with Crippen molar-refractivity contribution in [2.24, 2.45) is 0 Å². The van der Waals surface area contributed by atoms with Crippen LogP contribution in [0, 0.1) is 0 Å². The van der Waals surface area contributed by atoms with Gasteiger partial charge in [-0.3, -0.25) is 9.59 Å². The van der Waals surface area contributed by atoms with Crippen molar-refractivity contribution in [1.29, 1.82) is 0 Å². The van der Waals surface area contributed by atoms with E-state index in [-0.39, 0.29) is 18.6 Å². The molecule has 0 saturated carbocycles. The number of ether oxygens (including phenoxy) is 2. The Hall–Kier alpha value is -3.22. The van der Waals surface area contributed by atoms with Crippen molar-refractivity contribution in [3.8, 4) is 11.5 Å². The van der Waals surface area contributed by atoms with E-state index in [1.165, 1.54) is 0 Å². The van der Waals surface area contributed by atoms with Crippen molar-refractivity contribution < 1.29 is 19.1 Å². The predicted octanol–water partition coefficient (Wildman–Crippen LogP) is 3.39. The van der Waals surface area contributed by atoms with Gasteiger partial charge >= 0.3 is 0 Å². The number of hydrogen-bond donors (Lipinski definition) is 1. The van der Waals surface area contributed by atoms with Crippen LogP contribution in [-0.2, 0) is 16.1 Å². The van der Waals surface area contributed by atoms with Gasteiger partial charge in [-0.2, -0.15) is 0 Å². The highest BCUT2D eigenvalue weighted by Crippen LogP contribution is 2.33. The fraction of sp³-hybridized carbons (Fsp3) is 0.391. The number of anilines is 2. The molecule has 0 radical (unpaired) electrons. The third-order valence-corrected chi connectivity index (χ3v) is 5.68. The van der Waals surface area contributed by atoms with E-state index >= 15 is 0 Å². The van der Waals surface area contributed by atoms with E-state index in [2.05, 4.69) is 24.1 Å². The highest BCUT2D eigenvalue weighted by Gasteiger charge is 2.36. The number of likely N-dealkylation sites (tertiary alicyclic amines) is 1. The van der Waals surface area contributed by atoms with Gasteiger partial charge in [0.15, 0.2) is 11.5 Å². The van der Waals surface area contributed by atoms with Gasteiger partial charge in [0.1, 0.15) is 6.04 Å². The van der Waals surface area contributed by atoms with Crippen LogP contribution in [0.25, 0.3) is 0 Å². The van der Waals surface area contributed by atoms with Crippen LogP contribution in [0.2, 0.25) is 0 Å².